The summed E-state index contributed by atoms with van der Waals surface area (Å²) >= 11 is 1.49. The summed E-state index contributed by atoms with van der Waals surface area (Å²) in [5.41, 5.74) is 5.24. The number of rotatable bonds is 5. The lowest BCUT2D eigenvalue weighted by molar-refractivity contribution is 0.208. The summed E-state index contributed by atoms with van der Waals surface area (Å²) in [6, 6.07) is 14.5. The summed E-state index contributed by atoms with van der Waals surface area (Å²) in [5, 5.41) is 32.0. The Kier molecular flexibility index (Phi) is 6.10. The first-order chi connectivity index (χ1) is 17.0. The normalized spacial score (nSPS) is 20.0. The summed E-state index contributed by atoms with van der Waals surface area (Å²) in [4.78, 5) is 1.73. The average molecular weight is 482 g/mol. The van der Waals surface area contributed by atoms with E-state index in [1.54, 1.807) is 10.7 Å². The fourth-order valence-corrected chi connectivity index (χ4v) is 6.06. The smallest absolute Gasteiger partial charge is 0.103 e. The van der Waals surface area contributed by atoms with Crippen molar-refractivity contribution in [2.24, 2.45) is 0 Å². The molecule has 3 aromatic heterocycles. The fraction of sp³-hybridized carbons (Fsp3) is 0.333. The number of nitrogens with one attached hydrogen (secondary N) is 1. The second kappa shape index (κ2) is 9.22. The summed E-state index contributed by atoms with van der Waals surface area (Å²) < 4.78 is 3.94. The van der Waals surface area contributed by atoms with Gasteiger partial charge in [-0.2, -0.15) is 20.7 Å². The number of pyridine rings is 1. The van der Waals surface area contributed by atoms with Crippen LogP contribution in [0.3, 0.4) is 0 Å². The summed E-state index contributed by atoms with van der Waals surface area (Å²) in [7, 11) is 2.05. The van der Waals surface area contributed by atoms with Crippen molar-refractivity contribution < 1.29 is 0 Å². The van der Waals surface area contributed by atoms with E-state index in [4.69, 9.17) is 5.10 Å². The molecule has 4 aromatic rings. The lowest BCUT2D eigenvalue weighted by Crippen LogP contribution is -2.43. The van der Waals surface area contributed by atoms with Gasteiger partial charge in [0.05, 0.1) is 35.1 Å². The number of aromatic nitrogens is 4. The van der Waals surface area contributed by atoms with Crippen molar-refractivity contribution in [2.45, 2.75) is 60.9 Å². The first-order valence-electron chi connectivity index (χ1n) is 11.8. The third-order valence-corrected chi connectivity index (χ3v) is 8.40. The SMILES string of the molecule is CN[C@]1(C)CC[C@H](n2ncc(-c3cc(Sc4ccccc4C#N)c4c(C#N)cnn4c3)c2C)CC1. The van der Waals surface area contributed by atoms with Gasteiger partial charge < -0.3 is 5.32 Å². The number of fused-ring (bicyclic) bond motifs is 1. The standard InChI is InChI=1S/C27H27N7S/c1-18-23(16-32-34(18)22-8-10-27(2,30-3)11-9-22)20-12-25(26-21(14-29)15-31-33(26)17-20)35-24-7-5-4-6-19(24)13-28/h4-7,12,15-17,22,30H,8-11H2,1-3H3/t22-,27+. The predicted octanol–water partition coefficient (Wildman–Crippen LogP) is 5.49. The van der Waals surface area contributed by atoms with Crippen LogP contribution >= 0.6 is 11.8 Å². The Hall–Kier alpha value is -3.59. The highest BCUT2D eigenvalue weighted by atomic mass is 32.2. The van der Waals surface area contributed by atoms with Gasteiger partial charge in [0, 0.05) is 38.3 Å². The highest BCUT2D eigenvalue weighted by Gasteiger charge is 2.31. The summed E-state index contributed by atoms with van der Waals surface area (Å²) in [6.45, 7) is 4.42. The molecule has 35 heavy (non-hydrogen) atoms. The summed E-state index contributed by atoms with van der Waals surface area (Å²) in [5.74, 6) is 0. The molecular weight excluding hydrogens is 454 g/mol. The van der Waals surface area contributed by atoms with Gasteiger partial charge in [-0.3, -0.25) is 4.68 Å². The van der Waals surface area contributed by atoms with E-state index in [9.17, 15) is 10.5 Å². The van der Waals surface area contributed by atoms with E-state index in [1.165, 1.54) is 11.8 Å². The largest absolute Gasteiger partial charge is 0.315 e. The maximum absolute atomic E-state index is 9.67. The third kappa shape index (κ3) is 4.20. The van der Waals surface area contributed by atoms with Crippen LogP contribution in [0.2, 0.25) is 0 Å². The average Bonchev–Trinajstić information content (AvgIpc) is 3.48. The second-order valence-corrected chi connectivity index (χ2v) is 10.5. The van der Waals surface area contributed by atoms with E-state index >= 15 is 0 Å². The van der Waals surface area contributed by atoms with E-state index in [2.05, 4.69) is 47.1 Å². The molecule has 176 valence electrons. The number of nitriles is 2. The van der Waals surface area contributed by atoms with E-state index in [1.807, 2.05) is 43.7 Å². The lowest BCUT2D eigenvalue weighted by atomic mass is 9.81. The molecule has 0 radical (unpaired) electrons. The molecule has 1 saturated carbocycles. The molecule has 1 N–H and O–H groups in total. The van der Waals surface area contributed by atoms with Gasteiger partial charge in [0.1, 0.15) is 12.1 Å². The maximum atomic E-state index is 9.67. The zero-order valence-corrected chi connectivity index (χ0v) is 20.9. The molecule has 1 aliphatic rings. The number of nitrogens with zero attached hydrogens (tertiary/aromatic N) is 6. The molecular formula is C27H27N7S. The molecule has 3 heterocycles. The molecule has 0 aliphatic heterocycles. The van der Waals surface area contributed by atoms with E-state index in [0.29, 0.717) is 17.2 Å². The number of benzene rings is 1. The van der Waals surface area contributed by atoms with Gasteiger partial charge in [0.2, 0.25) is 0 Å². The van der Waals surface area contributed by atoms with Gasteiger partial charge in [-0.1, -0.05) is 23.9 Å². The molecule has 8 heteroatoms. The van der Waals surface area contributed by atoms with Crippen molar-refractivity contribution in [1.82, 2.24) is 24.7 Å². The Bertz CT molecular complexity index is 1480. The van der Waals surface area contributed by atoms with Gasteiger partial charge in [0.15, 0.2) is 0 Å². The molecule has 1 aliphatic carbocycles. The van der Waals surface area contributed by atoms with Crippen LogP contribution in [0.25, 0.3) is 16.6 Å². The Balaban J connectivity index is 1.55. The van der Waals surface area contributed by atoms with Crippen LogP contribution in [-0.2, 0) is 0 Å². The van der Waals surface area contributed by atoms with Crippen molar-refractivity contribution in [3.05, 3.63) is 65.7 Å². The second-order valence-electron chi connectivity index (χ2n) is 9.40. The molecule has 0 spiro atoms. The van der Waals surface area contributed by atoms with E-state index in [0.717, 1.165) is 57.8 Å². The Labute approximate surface area is 209 Å². The van der Waals surface area contributed by atoms with Crippen molar-refractivity contribution in [3.8, 4) is 23.3 Å². The van der Waals surface area contributed by atoms with Crippen molar-refractivity contribution in [1.29, 1.82) is 10.5 Å². The van der Waals surface area contributed by atoms with Gasteiger partial charge in [0.25, 0.3) is 0 Å². The molecule has 0 unspecified atom stereocenters. The predicted molar refractivity (Wildman–Crippen MR) is 136 cm³/mol. The van der Waals surface area contributed by atoms with Crippen LogP contribution in [0.5, 0.6) is 0 Å². The molecule has 5 rings (SSSR count). The van der Waals surface area contributed by atoms with Crippen molar-refractivity contribution >= 4 is 17.3 Å². The van der Waals surface area contributed by atoms with Crippen LogP contribution < -0.4 is 5.32 Å². The molecule has 0 atom stereocenters. The first-order valence-corrected chi connectivity index (χ1v) is 12.6. The minimum absolute atomic E-state index is 0.204. The zero-order chi connectivity index (χ0) is 24.6. The highest BCUT2D eigenvalue weighted by Crippen LogP contribution is 2.39. The minimum Gasteiger partial charge on any atom is -0.315 e. The topological polar surface area (TPSA) is 94.7 Å². The molecule has 1 aromatic carbocycles. The fourth-order valence-electron chi connectivity index (χ4n) is 4.97. The molecule has 7 nitrogen and oxygen atoms in total. The monoisotopic (exact) mass is 481 g/mol. The van der Waals surface area contributed by atoms with Gasteiger partial charge in [-0.05, 0) is 64.8 Å². The van der Waals surface area contributed by atoms with Crippen LogP contribution in [0.15, 0.2) is 58.7 Å². The van der Waals surface area contributed by atoms with Crippen molar-refractivity contribution in [2.75, 3.05) is 7.05 Å². The number of hydrogen-bond acceptors (Lipinski definition) is 6. The van der Waals surface area contributed by atoms with E-state index in [-0.39, 0.29) is 5.54 Å². The molecule has 1 fully saturated rings. The third-order valence-electron chi connectivity index (χ3n) is 7.29. The Morgan fingerprint density at radius 1 is 1.06 bits per heavy atom. The maximum Gasteiger partial charge on any atom is 0.103 e. The van der Waals surface area contributed by atoms with Gasteiger partial charge >= 0.3 is 0 Å². The minimum atomic E-state index is 0.204. The number of hydrogen-bond donors (Lipinski definition) is 1. The van der Waals surface area contributed by atoms with Crippen LogP contribution in [0, 0.1) is 29.6 Å². The van der Waals surface area contributed by atoms with E-state index < -0.39 is 0 Å². The lowest BCUT2D eigenvalue weighted by Gasteiger charge is -2.37. The van der Waals surface area contributed by atoms with Crippen molar-refractivity contribution in [3.63, 3.8) is 0 Å². The Morgan fingerprint density at radius 2 is 1.80 bits per heavy atom. The molecule has 0 bridgehead atoms. The molecule has 0 amide bonds. The Morgan fingerprint density at radius 3 is 2.51 bits per heavy atom. The first kappa shape index (κ1) is 23.2. The van der Waals surface area contributed by atoms with Crippen LogP contribution in [-0.4, -0.2) is 32.0 Å². The zero-order valence-electron chi connectivity index (χ0n) is 20.1. The van der Waals surface area contributed by atoms with Gasteiger partial charge in [-0.25, -0.2) is 4.52 Å². The van der Waals surface area contributed by atoms with Crippen LogP contribution in [0.1, 0.15) is 55.5 Å². The quantitative estimate of drug-likeness (QED) is 0.405. The highest BCUT2D eigenvalue weighted by molar-refractivity contribution is 7.99. The van der Waals surface area contributed by atoms with Crippen LogP contribution in [0.4, 0.5) is 0 Å². The molecule has 0 saturated heterocycles. The summed E-state index contributed by atoms with van der Waals surface area (Å²) in [6.07, 6.45) is 9.93. The van der Waals surface area contributed by atoms with Gasteiger partial charge in [-0.15, -0.1) is 0 Å².